The van der Waals surface area contributed by atoms with E-state index in [0.29, 0.717) is 17.1 Å². The summed E-state index contributed by atoms with van der Waals surface area (Å²) < 4.78 is 10.3. The number of aliphatic carboxylic acids is 1. The van der Waals surface area contributed by atoms with Gasteiger partial charge in [0.15, 0.2) is 17.0 Å². The zero-order valence-corrected chi connectivity index (χ0v) is 12.5. The van der Waals surface area contributed by atoms with E-state index >= 15 is 0 Å². The third-order valence-corrected chi connectivity index (χ3v) is 3.33. The number of amides is 1. The molecule has 21 heavy (non-hydrogen) atoms. The van der Waals surface area contributed by atoms with Crippen LogP contribution in [0, 0.1) is 0 Å². The summed E-state index contributed by atoms with van der Waals surface area (Å²) in [5.74, 6) is 4.92. The molecule has 7 nitrogen and oxygen atoms in total. The topological polar surface area (TPSA) is 102 Å². The van der Waals surface area contributed by atoms with Crippen LogP contribution in [0.25, 0.3) is 0 Å². The van der Waals surface area contributed by atoms with E-state index in [1.807, 2.05) is 0 Å². The van der Waals surface area contributed by atoms with E-state index < -0.39 is 17.4 Å². The van der Waals surface area contributed by atoms with Gasteiger partial charge in [-0.05, 0) is 24.6 Å². The number of hydrogen-bond donors (Lipinski definition) is 2. The van der Waals surface area contributed by atoms with E-state index in [4.69, 9.17) is 15.3 Å². The average Bonchev–Trinajstić information content (AvgIpc) is 2.45. The fraction of sp³-hybridized carbons (Fsp3) is 0.429. The highest BCUT2D eigenvalue weighted by atomic mass is 16.5. The van der Waals surface area contributed by atoms with Crippen LogP contribution >= 0.6 is 0 Å². The number of carboxylic acid groups (broad SMARTS) is 1. The van der Waals surface area contributed by atoms with Crippen molar-refractivity contribution in [2.75, 3.05) is 14.2 Å². The van der Waals surface area contributed by atoms with Gasteiger partial charge in [0, 0.05) is 13.3 Å². The minimum Gasteiger partial charge on any atom is -0.493 e. The van der Waals surface area contributed by atoms with Crippen molar-refractivity contribution in [3.05, 3.63) is 23.8 Å². The minimum absolute atomic E-state index is 0.0404. The first kappa shape index (κ1) is 16.8. The van der Waals surface area contributed by atoms with Crippen molar-refractivity contribution in [2.24, 2.45) is 5.84 Å². The molecule has 7 heteroatoms. The number of benzene rings is 1. The van der Waals surface area contributed by atoms with Crippen LogP contribution in [0.1, 0.15) is 19.4 Å². The zero-order chi connectivity index (χ0) is 16.2. The highest BCUT2D eigenvalue weighted by Crippen LogP contribution is 2.30. The largest absolute Gasteiger partial charge is 0.493 e. The minimum atomic E-state index is -1.55. The van der Waals surface area contributed by atoms with Crippen molar-refractivity contribution in [1.82, 2.24) is 5.01 Å². The summed E-state index contributed by atoms with van der Waals surface area (Å²) in [6.07, 6.45) is 0.0404. The van der Waals surface area contributed by atoms with Gasteiger partial charge in [0.1, 0.15) is 0 Å². The first-order valence-electron chi connectivity index (χ1n) is 6.26. The normalized spacial score (nSPS) is 13.2. The maximum Gasteiger partial charge on any atom is 0.331 e. The molecule has 1 aromatic carbocycles. The molecule has 1 aromatic rings. The number of methoxy groups -OCH3 is 2. The Labute approximate surface area is 123 Å². The molecular formula is C14H20N2O5. The van der Waals surface area contributed by atoms with Gasteiger partial charge >= 0.3 is 5.97 Å². The first-order chi connectivity index (χ1) is 9.76. The average molecular weight is 296 g/mol. The second kappa shape index (κ2) is 6.45. The summed E-state index contributed by atoms with van der Waals surface area (Å²) in [5.41, 5.74) is -0.889. The molecular weight excluding hydrogens is 276 g/mol. The fourth-order valence-corrected chi connectivity index (χ4v) is 2.00. The first-order valence-corrected chi connectivity index (χ1v) is 6.26. The van der Waals surface area contributed by atoms with Gasteiger partial charge in [-0.15, -0.1) is 0 Å². The number of nitrogens with two attached hydrogens (primary N) is 1. The number of hydrazine groups is 1. The van der Waals surface area contributed by atoms with Crippen LogP contribution < -0.4 is 15.3 Å². The van der Waals surface area contributed by atoms with Crippen molar-refractivity contribution < 1.29 is 24.2 Å². The molecule has 0 spiro atoms. The Morgan fingerprint density at radius 3 is 2.29 bits per heavy atom. The number of nitrogens with zero attached hydrogens (tertiary/aromatic N) is 1. The molecule has 0 saturated heterocycles. The Morgan fingerprint density at radius 2 is 1.86 bits per heavy atom. The molecule has 0 aliphatic rings. The predicted octanol–water partition coefficient (Wildman–Crippen LogP) is 0.812. The summed E-state index contributed by atoms with van der Waals surface area (Å²) in [6, 6.07) is 5.04. The van der Waals surface area contributed by atoms with Crippen molar-refractivity contribution in [2.45, 2.75) is 25.8 Å². The molecule has 116 valence electrons. The van der Waals surface area contributed by atoms with Crippen LogP contribution in [0.5, 0.6) is 11.5 Å². The lowest BCUT2D eigenvalue weighted by molar-refractivity contribution is -0.157. The maximum atomic E-state index is 11.5. The van der Waals surface area contributed by atoms with Gasteiger partial charge in [-0.2, -0.15) is 0 Å². The number of ether oxygens (including phenoxy) is 2. The molecule has 0 aliphatic carbocycles. The molecule has 3 N–H and O–H groups in total. The fourth-order valence-electron chi connectivity index (χ4n) is 2.00. The quantitative estimate of drug-likeness (QED) is 0.457. The summed E-state index contributed by atoms with van der Waals surface area (Å²) in [4.78, 5) is 22.9. The van der Waals surface area contributed by atoms with E-state index in [2.05, 4.69) is 0 Å². The lowest BCUT2D eigenvalue weighted by Gasteiger charge is -2.33. The van der Waals surface area contributed by atoms with E-state index in [1.54, 1.807) is 18.2 Å². The summed E-state index contributed by atoms with van der Waals surface area (Å²) in [6.45, 7) is 2.61. The summed E-state index contributed by atoms with van der Waals surface area (Å²) in [7, 11) is 3.00. The summed E-state index contributed by atoms with van der Waals surface area (Å²) >= 11 is 0. The molecule has 0 aliphatic heterocycles. The number of rotatable bonds is 6. The van der Waals surface area contributed by atoms with Crippen LogP contribution in [0.2, 0.25) is 0 Å². The lowest BCUT2D eigenvalue weighted by atomic mass is 9.91. The molecule has 0 fully saturated rings. The second-order valence-corrected chi connectivity index (χ2v) is 4.83. The number of hydrogen-bond acceptors (Lipinski definition) is 5. The van der Waals surface area contributed by atoms with Gasteiger partial charge in [-0.25, -0.2) is 10.6 Å². The van der Waals surface area contributed by atoms with Crippen LogP contribution in [0.3, 0.4) is 0 Å². The molecule has 0 unspecified atom stereocenters. The van der Waals surface area contributed by atoms with Gasteiger partial charge in [0.05, 0.1) is 14.2 Å². The number of carboxylic acids is 1. The Morgan fingerprint density at radius 1 is 1.29 bits per heavy atom. The highest BCUT2D eigenvalue weighted by Gasteiger charge is 2.40. The SMILES string of the molecule is COc1ccc(C[C@@](C)(C(=O)O)N(N)C(C)=O)cc1OC. The van der Waals surface area contributed by atoms with Crippen molar-refractivity contribution in [1.29, 1.82) is 0 Å². The van der Waals surface area contributed by atoms with E-state index in [-0.39, 0.29) is 6.42 Å². The van der Waals surface area contributed by atoms with Gasteiger partial charge in [0.25, 0.3) is 0 Å². The maximum absolute atomic E-state index is 11.5. The molecule has 0 radical (unpaired) electrons. The Bertz CT molecular complexity index is 546. The van der Waals surface area contributed by atoms with Gasteiger partial charge in [-0.1, -0.05) is 6.07 Å². The van der Waals surface area contributed by atoms with E-state index in [1.165, 1.54) is 28.1 Å². The predicted molar refractivity (Wildman–Crippen MR) is 76.0 cm³/mol. The Kier molecular flexibility index (Phi) is 5.15. The van der Waals surface area contributed by atoms with Crippen molar-refractivity contribution in [3.63, 3.8) is 0 Å². The third kappa shape index (κ3) is 3.43. The number of carbonyl (C=O) groups is 2. The number of carbonyl (C=O) groups excluding carboxylic acids is 1. The smallest absolute Gasteiger partial charge is 0.331 e. The van der Waals surface area contributed by atoms with Crippen LogP contribution in [0.4, 0.5) is 0 Å². The molecule has 0 heterocycles. The summed E-state index contributed by atoms with van der Waals surface area (Å²) in [5, 5.41) is 10.1. The van der Waals surface area contributed by atoms with Crippen molar-refractivity contribution in [3.8, 4) is 11.5 Å². The van der Waals surface area contributed by atoms with Crippen molar-refractivity contribution >= 4 is 11.9 Å². The van der Waals surface area contributed by atoms with Crippen LogP contribution in [-0.2, 0) is 16.0 Å². The zero-order valence-electron chi connectivity index (χ0n) is 12.5. The van der Waals surface area contributed by atoms with Gasteiger partial charge in [0.2, 0.25) is 5.91 Å². The Hall–Kier alpha value is -2.28. The molecule has 1 amide bonds. The molecule has 0 saturated carbocycles. The molecule has 0 bridgehead atoms. The van der Waals surface area contributed by atoms with Crippen LogP contribution in [-0.4, -0.2) is 41.8 Å². The molecule has 0 aromatic heterocycles. The van der Waals surface area contributed by atoms with E-state index in [0.717, 1.165) is 5.01 Å². The molecule has 1 atom stereocenters. The Balaban J connectivity index is 3.16. The second-order valence-electron chi connectivity index (χ2n) is 4.83. The van der Waals surface area contributed by atoms with E-state index in [9.17, 15) is 14.7 Å². The molecule has 1 rings (SSSR count). The highest BCUT2D eigenvalue weighted by molar-refractivity contribution is 5.85. The monoisotopic (exact) mass is 296 g/mol. The third-order valence-electron chi connectivity index (χ3n) is 3.33. The van der Waals surface area contributed by atoms with Gasteiger partial charge in [-0.3, -0.25) is 9.80 Å². The van der Waals surface area contributed by atoms with Gasteiger partial charge < -0.3 is 14.6 Å². The standard InChI is InChI=1S/C14H20N2O5/c1-9(17)16(15)14(2,13(18)19)8-10-5-6-11(20-3)12(7-10)21-4/h5-7H,8,15H2,1-4H3,(H,18,19)/t14-/m0/s1. The van der Waals surface area contributed by atoms with Crippen LogP contribution in [0.15, 0.2) is 18.2 Å². The lowest BCUT2D eigenvalue weighted by Crippen LogP contribution is -2.59.